The summed E-state index contributed by atoms with van der Waals surface area (Å²) in [6.07, 6.45) is 0.458. The van der Waals surface area contributed by atoms with Gasteiger partial charge in [0.25, 0.3) is 0 Å². The Morgan fingerprint density at radius 1 is 1.58 bits per heavy atom. The van der Waals surface area contributed by atoms with E-state index in [-0.39, 0.29) is 18.2 Å². The molecule has 1 atom stereocenters. The summed E-state index contributed by atoms with van der Waals surface area (Å²) in [4.78, 5) is 11.3. The summed E-state index contributed by atoms with van der Waals surface area (Å²) in [6, 6.07) is 0. The van der Waals surface area contributed by atoms with Gasteiger partial charge in [-0.05, 0) is 12.8 Å². The lowest BCUT2D eigenvalue weighted by Crippen LogP contribution is -2.36. The predicted molar refractivity (Wildman–Crippen MR) is 43.6 cm³/mol. The Balaban J connectivity index is 2.39. The van der Waals surface area contributed by atoms with Crippen LogP contribution in [0.4, 0.5) is 0 Å². The summed E-state index contributed by atoms with van der Waals surface area (Å²) in [5.41, 5.74) is 5.18. The molecule has 1 rings (SSSR count). The van der Waals surface area contributed by atoms with Crippen molar-refractivity contribution in [3.63, 3.8) is 0 Å². The number of hydrogen-bond donors (Lipinski definition) is 2. The molecule has 1 heterocycles. The minimum Gasteiger partial charge on any atom is -0.384 e. The first kappa shape index (κ1) is 9.64. The maximum Gasteiger partial charge on any atom is 0.165 e. The highest BCUT2D eigenvalue weighted by atomic mass is 16.5. The summed E-state index contributed by atoms with van der Waals surface area (Å²) in [5, 5.41) is 9.16. The molecule has 1 aliphatic heterocycles. The standard InChI is InChI=1S/C8H15NO3/c9-5-7(10)8(11)6-1-3-12-4-2-6/h6-7,10H,1-5,9H2. The van der Waals surface area contributed by atoms with Crippen LogP contribution in [0.15, 0.2) is 0 Å². The average Bonchev–Trinajstić information content (AvgIpc) is 2.17. The van der Waals surface area contributed by atoms with Gasteiger partial charge in [0, 0.05) is 25.7 Å². The van der Waals surface area contributed by atoms with Gasteiger partial charge in [-0.2, -0.15) is 0 Å². The van der Waals surface area contributed by atoms with Crippen molar-refractivity contribution in [2.45, 2.75) is 18.9 Å². The van der Waals surface area contributed by atoms with Gasteiger partial charge in [0.15, 0.2) is 5.78 Å². The van der Waals surface area contributed by atoms with Crippen molar-refractivity contribution in [3.05, 3.63) is 0 Å². The topological polar surface area (TPSA) is 72.5 Å². The van der Waals surface area contributed by atoms with Gasteiger partial charge < -0.3 is 15.6 Å². The maximum atomic E-state index is 11.3. The highest BCUT2D eigenvalue weighted by molar-refractivity contribution is 5.85. The molecular weight excluding hydrogens is 158 g/mol. The van der Waals surface area contributed by atoms with Gasteiger partial charge in [0.05, 0.1) is 0 Å². The van der Waals surface area contributed by atoms with Gasteiger partial charge in [-0.15, -0.1) is 0 Å². The number of aliphatic hydroxyl groups excluding tert-OH is 1. The molecule has 12 heavy (non-hydrogen) atoms. The van der Waals surface area contributed by atoms with Crippen LogP contribution in [0.25, 0.3) is 0 Å². The summed E-state index contributed by atoms with van der Waals surface area (Å²) in [7, 11) is 0. The third-order valence-electron chi connectivity index (χ3n) is 2.18. The summed E-state index contributed by atoms with van der Waals surface area (Å²) < 4.78 is 5.10. The largest absolute Gasteiger partial charge is 0.384 e. The lowest BCUT2D eigenvalue weighted by Gasteiger charge is -2.22. The number of ketones is 1. The van der Waals surface area contributed by atoms with E-state index < -0.39 is 6.10 Å². The molecule has 3 N–H and O–H groups in total. The number of nitrogens with two attached hydrogens (primary N) is 1. The van der Waals surface area contributed by atoms with Crippen LogP contribution in [0.5, 0.6) is 0 Å². The van der Waals surface area contributed by atoms with Gasteiger partial charge >= 0.3 is 0 Å². The van der Waals surface area contributed by atoms with Crippen LogP contribution >= 0.6 is 0 Å². The number of hydrogen-bond acceptors (Lipinski definition) is 4. The van der Waals surface area contributed by atoms with Crippen LogP contribution in [0.3, 0.4) is 0 Å². The number of Topliss-reactive ketones (excluding diaryl/α,β-unsaturated/α-hetero) is 1. The minimum atomic E-state index is -0.979. The Labute approximate surface area is 71.7 Å². The van der Waals surface area contributed by atoms with Crippen LogP contribution in [0.2, 0.25) is 0 Å². The van der Waals surface area contributed by atoms with Crippen molar-refractivity contribution >= 4 is 5.78 Å². The summed E-state index contributed by atoms with van der Waals surface area (Å²) >= 11 is 0. The smallest absolute Gasteiger partial charge is 0.165 e. The summed E-state index contributed by atoms with van der Waals surface area (Å²) in [6.45, 7) is 1.26. The van der Waals surface area contributed by atoms with Crippen molar-refractivity contribution in [2.24, 2.45) is 11.7 Å². The SMILES string of the molecule is NCC(O)C(=O)C1CCOCC1. The minimum absolute atomic E-state index is 0.0240. The Hall–Kier alpha value is -0.450. The Bertz CT molecular complexity index is 154. The van der Waals surface area contributed by atoms with E-state index in [1.165, 1.54) is 0 Å². The molecule has 0 aromatic carbocycles. The molecule has 0 aromatic heterocycles. The number of carbonyl (C=O) groups is 1. The molecule has 1 saturated heterocycles. The first-order chi connectivity index (χ1) is 5.75. The maximum absolute atomic E-state index is 11.3. The molecule has 1 fully saturated rings. The van der Waals surface area contributed by atoms with E-state index in [0.29, 0.717) is 13.2 Å². The summed E-state index contributed by atoms with van der Waals surface area (Å²) in [5.74, 6) is -0.168. The number of ether oxygens (including phenoxy) is 1. The molecule has 0 aliphatic carbocycles. The van der Waals surface area contributed by atoms with Crippen molar-refractivity contribution < 1.29 is 14.6 Å². The molecule has 0 bridgehead atoms. The van der Waals surface area contributed by atoms with Crippen LogP contribution in [-0.4, -0.2) is 36.8 Å². The number of aliphatic hydroxyl groups is 1. The zero-order chi connectivity index (χ0) is 8.97. The predicted octanol–water partition coefficient (Wildman–Crippen LogP) is -0.698. The lowest BCUT2D eigenvalue weighted by atomic mass is 9.92. The normalized spacial score (nSPS) is 22.2. The van der Waals surface area contributed by atoms with Crippen LogP contribution in [-0.2, 0) is 9.53 Å². The van der Waals surface area contributed by atoms with Gasteiger partial charge in [-0.1, -0.05) is 0 Å². The Morgan fingerprint density at radius 2 is 2.17 bits per heavy atom. The van der Waals surface area contributed by atoms with E-state index in [2.05, 4.69) is 0 Å². The molecular formula is C8H15NO3. The van der Waals surface area contributed by atoms with Crippen LogP contribution in [0, 0.1) is 5.92 Å². The third-order valence-corrected chi connectivity index (χ3v) is 2.18. The average molecular weight is 173 g/mol. The van der Waals surface area contributed by atoms with Gasteiger partial charge in [-0.3, -0.25) is 4.79 Å². The fourth-order valence-electron chi connectivity index (χ4n) is 1.37. The highest BCUT2D eigenvalue weighted by Gasteiger charge is 2.25. The number of rotatable bonds is 3. The molecule has 1 aliphatic rings. The van der Waals surface area contributed by atoms with E-state index in [1.807, 2.05) is 0 Å². The fraction of sp³-hybridized carbons (Fsp3) is 0.875. The zero-order valence-electron chi connectivity index (χ0n) is 7.03. The first-order valence-electron chi connectivity index (χ1n) is 4.25. The van der Waals surface area contributed by atoms with E-state index in [0.717, 1.165) is 12.8 Å². The number of carbonyl (C=O) groups excluding carboxylic acids is 1. The van der Waals surface area contributed by atoms with Crippen molar-refractivity contribution in [1.82, 2.24) is 0 Å². The first-order valence-corrected chi connectivity index (χ1v) is 4.25. The molecule has 4 heteroatoms. The second kappa shape index (κ2) is 4.54. The second-order valence-electron chi connectivity index (χ2n) is 3.04. The molecule has 0 radical (unpaired) electrons. The zero-order valence-corrected chi connectivity index (χ0v) is 7.03. The second-order valence-corrected chi connectivity index (χ2v) is 3.04. The van der Waals surface area contributed by atoms with E-state index in [9.17, 15) is 4.79 Å². The van der Waals surface area contributed by atoms with Gasteiger partial charge in [-0.25, -0.2) is 0 Å². The Morgan fingerprint density at radius 3 is 2.67 bits per heavy atom. The van der Waals surface area contributed by atoms with E-state index >= 15 is 0 Å². The van der Waals surface area contributed by atoms with Crippen LogP contribution in [0.1, 0.15) is 12.8 Å². The third kappa shape index (κ3) is 2.27. The van der Waals surface area contributed by atoms with Gasteiger partial charge in [0.1, 0.15) is 6.10 Å². The molecule has 0 spiro atoms. The van der Waals surface area contributed by atoms with Crippen molar-refractivity contribution in [3.8, 4) is 0 Å². The molecule has 0 saturated carbocycles. The van der Waals surface area contributed by atoms with Crippen molar-refractivity contribution in [2.75, 3.05) is 19.8 Å². The molecule has 70 valence electrons. The molecule has 0 amide bonds. The Kier molecular flexibility index (Phi) is 3.65. The van der Waals surface area contributed by atoms with Gasteiger partial charge in [0.2, 0.25) is 0 Å². The molecule has 4 nitrogen and oxygen atoms in total. The lowest BCUT2D eigenvalue weighted by molar-refractivity contribution is -0.133. The fourth-order valence-corrected chi connectivity index (χ4v) is 1.37. The highest BCUT2D eigenvalue weighted by Crippen LogP contribution is 2.16. The monoisotopic (exact) mass is 173 g/mol. The van der Waals surface area contributed by atoms with E-state index in [4.69, 9.17) is 15.6 Å². The molecule has 1 unspecified atom stereocenters. The van der Waals surface area contributed by atoms with Crippen molar-refractivity contribution in [1.29, 1.82) is 0 Å². The molecule has 0 aromatic rings. The van der Waals surface area contributed by atoms with Crippen LogP contribution < -0.4 is 5.73 Å². The quantitative estimate of drug-likeness (QED) is 0.592. The van der Waals surface area contributed by atoms with E-state index in [1.54, 1.807) is 0 Å².